The third-order valence-electron chi connectivity index (χ3n) is 1.07. The van der Waals surface area contributed by atoms with Gasteiger partial charge in [0.05, 0.1) is 0 Å². The van der Waals surface area contributed by atoms with E-state index in [1.54, 1.807) is 6.26 Å². The van der Waals surface area contributed by atoms with Crippen LogP contribution in [0.25, 0.3) is 0 Å². The van der Waals surface area contributed by atoms with E-state index in [0.717, 1.165) is 30.9 Å². The Morgan fingerprint density at radius 3 is 2.44 bits per heavy atom. The molecule has 0 rings (SSSR count). The fraction of sp³-hybridized carbons (Fsp3) is 1.00. The van der Waals surface area contributed by atoms with Gasteiger partial charge in [-0.3, -0.25) is 4.21 Å². The predicted octanol–water partition coefficient (Wildman–Crippen LogP) is 1.77. The van der Waals surface area contributed by atoms with Gasteiger partial charge >= 0.3 is 0 Å². The van der Waals surface area contributed by atoms with Crippen LogP contribution in [0.3, 0.4) is 0 Å². The summed E-state index contributed by atoms with van der Waals surface area (Å²) < 4.78 is 10.5. The van der Waals surface area contributed by atoms with Crippen molar-refractivity contribution in [3.05, 3.63) is 0 Å². The highest BCUT2D eigenvalue weighted by Crippen LogP contribution is 1.97. The van der Waals surface area contributed by atoms with E-state index in [0.29, 0.717) is 0 Å². The molecule has 1 atom stereocenters. The maximum absolute atomic E-state index is 10.5. The average Bonchev–Trinajstić information content (AvgIpc) is 1.80. The van der Waals surface area contributed by atoms with Crippen LogP contribution < -0.4 is 0 Å². The minimum atomic E-state index is -0.612. The van der Waals surface area contributed by atoms with E-state index in [2.05, 4.69) is 0 Å². The van der Waals surface area contributed by atoms with Crippen molar-refractivity contribution in [3.63, 3.8) is 0 Å². The fourth-order valence-electron chi connectivity index (χ4n) is 0.577. The molecule has 0 N–H and O–H groups in total. The lowest BCUT2D eigenvalue weighted by Gasteiger charge is -1.93. The van der Waals surface area contributed by atoms with Gasteiger partial charge in [0.2, 0.25) is 0 Å². The van der Waals surface area contributed by atoms with Gasteiger partial charge in [0.25, 0.3) is 0 Å². The molecule has 0 aliphatic carbocycles. The molecule has 0 saturated carbocycles. The Hall–Kier alpha value is 0.440. The Morgan fingerprint density at radius 2 is 2.00 bits per heavy atom. The first-order chi connectivity index (χ1) is 4.27. The molecule has 0 saturated heterocycles. The highest BCUT2D eigenvalue weighted by Gasteiger charge is 1.90. The van der Waals surface area contributed by atoms with Crippen molar-refractivity contribution in [2.24, 2.45) is 0 Å². The number of alkyl halides is 1. The Kier molecular flexibility index (Phi) is 6.88. The van der Waals surface area contributed by atoms with Crippen LogP contribution >= 0.6 is 11.6 Å². The van der Waals surface area contributed by atoms with Crippen molar-refractivity contribution in [2.75, 3.05) is 17.9 Å². The molecule has 0 aliphatic heterocycles. The lowest BCUT2D eigenvalue weighted by atomic mass is 10.3. The van der Waals surface area contributed by atoms with Gasteiger partial charge in [-0.15, -0.1) is 11.6 Å². The zero-order valence-electron chi connectivity index (χ0n) is 5.73. The molecular formula is C6H13ClOS. The Balaban J connectivity index is 2.83. The van der Waals surface area contributed by atoms with Gasteiger partial charge in [-0.05, 0) is 12.8 Å². The van der Waals surface area contributed by atoms with Crippen molar-refractivity contribution >= 4 is 22.4 Å². The second-order valence-electron chi connectivity index (χ2n) is 2.03. The molecule has 0 radical (unpaired) electrons. The summed E-state index contributed by atoms with van der Waals surface area (Å²) in [5, 5.41) is 0. The summed E-state index contributed by atoms with van der Waals surface area (Å²) in [6, 6.07) is 0. The predicted molar refractivity (Wildman–Crippen MR) is 43.5 cm³/mol. The van der Waals surface area contributed by atoms with Crippen molar-refractivity contribution in [1.82, 2.24) is 0 Å². The Bertz CT molecular complexity index is 85.1. The van der Waals surface area contributed by atoms with E-state index < -0.39 is 10.8 Å². The monoisotopic (exact) mass is 168 g/mol. The molecule has 0 aliphatic rings. The Morgan fingerprint density at radius 1 is 1.33 bits per heavy atom. The van der Waals surface area contributed by atoms with Crippen LogP contribution in [0, 0.1) is 0 Å². The summed E-state index contributed by atoms with van der Waals surface area (Å²) in [6.07, 6.45) is 4.96. The lowest BCUT2D eigenvalue weighted by Crippen LogP contribution is -1.93. The van der Waals surface area contributed by atoms with Gasteiger partial charge in [-0.1, -0.05) is 6.42 Å². The summed E-state index contributed by atoms with van der Waals surface area (Å²) in [6.45, 7) is 0. The van der Waals surface area contributed by atoms with Gasteiger partial charge in [-0.2, -0.15) is 0 Å². The smallest absolute Gasteiger partial charge is 0.0232 e. The molecule has 0 aromatic heterocycles. The third-order valence-corrected chi connectivity index (χ3v) is 2.20. The number of hydrogen-bond acceptors (Lipinski definition) is 1. The van der Waals surface area contributed by atoms with Crippen molar-refractivity contribution in [3.8, 4) is 0 Å². The summed E-state index contributed by atoms with van der Waals surface area (Å²) >= 11 is 5.44. The van der Waals surface area contributed by atoms with Crippen LogP contribution in [0.1, 0.15) is 19.3 Å². The zero-order valence-corrected chi connectivity index (χ0v) is 7.30. The molecule has 56 valence electrons. The van der Waals surface area contributed by atoms with Gasteiger partial charge in [0.1, 0.15) is 0 Å². The molecule has 0 fully saturated rings. The van der Waals surface area contributed by atoms with Crippen LogP contribution in [0.5, 0.6) is 0 Å². The topological polar surface area (TPSA) is 17.1 Å². The highest BCUT2D eigenvalue weighted by molar-refractivity contribution is 7.84. The number of halogens is 1. The van der Waals surface area contributed by atoms with Crippen LogP contribution in [-0.4, -0.2) is 22.1 Å². The number of rotatable bonds is 5. The van der Waals surface area contributed by atoms with E-state index in [1.807, 2.05) is 0 Å². The van der Waals surface area contributed by atoms with Crippen molar-refractivity contribution in [1.29, 1.82) is 0 Å². The molecule has 0 spiro atoms. The quantitative estimate of drug-likeness (QED) is 0.452. The van der Waals surface area contributed by atoms with Crippen LogP contribution in [-0.2, 0) is 10.8 Å². The summed E-state index contributed by atoms with van der Waals surface area (Å²) in [7, 11) is -0.612. The van der Waals surface area contributed by atoms with E-state index in [1.165, 1.54) is 0 Å². The largest absolute Gasteiger partial charge is 0.260 e. The molecule has 0 aromatic carbocycles. The molecule has 1 unspecified atom stereocenters. The maximum Gasteiger partial charge on any atom is 0.0232 e. The first kappa shape index (κ1) is 9.44. The van der Waals surface area contributed by atoms with E-state index in [9.17, 15) is 4.21 Å². The summed E-state index contributed by atoms with van der Waals surface area (Å²) in [4.78, 5) is 0. The standard InChI is InChI=1S/C6H13ClOS/c1-9(8)6-4-2-3-5-7/h2-6H2,1H3. The molecule has 0 amide bonds. The lowest BCUT2D eigenvalue weighted by molar-refractivity contribution is 0.680. The normalized spacial score (nSPS) is 13.6. The average molecular weight is 169 g/mol. The van der Waals surface area contributed by atoms with Gasteiger partial charge in [-0.25, -0.2) is 0 Å². The second kappa shape index (κ2) is 6.56. The minimum absolute atomic E-state index is 0.612. The molecule has 0 aromatic rings. The molecule has 1 nitrogen and oxygen atoms in total. The van der Waals surface area contributed by atoms with Crippen LogP contribution in [0.4, 0.5) is 0 Å². The van der Waals surface area contributed by atoms with E-state index >= 15 is 0 Å². The van der Waals surface area contributed by atoms with Gasteiger partial charge in [0, 0.05) is 28.7 Å². The Labute approximate surface area is 64.2 Å². The maximum atomic E-state index is 10.5. The molecule has 9 heavy (non-hydrogen) atoms. The fourth-order valence-corrected chi connectivity index (χ4v) is 1.38. The first-order valence-corrected chi connectivity index (χ1v) is 5.39. The third kappa shape index (κ3) is 8.44. The minimum Gasteiger partial charge on any atom is -0.260 e. The van der Waals surface area contributed by atoms with E-state index in [-0.39, 0.29) is 0 Å². The van der Waals surface area contributed by atoms with Crippen LogP contribution in [0.15, 0.2) is 0 Å². The highest BCUT2D eigenvalue weighted by atomic mass is 35.5. The van der Waals surface area contributed by atoms with Crippen molar-refractivity contribution < 1.29 is 4.21 Å². The van der Waals surface area contributed by atoms with Gasteiger partial charge < -0.3 is 0 Å². The second-order valence-corrected chi connectivity index (χ2v) is 3.96. The molecule has 0 bridgehead atoms. The van der Waals surface area contributed by atoms with E-state index in [4.69, 9.17) is 11.6 Å². The molecule has 0 heterocycles. The number of hydrogen-bond donors (Lipinski definition) is 0. The molecular weight excluding hydrogens is 156 g/mol. The number of unbranched alkanes of at least 4 members (excludes halogenated alkanes) is 2. The summed E-state index contributed by atoms with van der Waals surface area (Å²) in [5.74, 6) is 1.56. The SMILES string of the molecule is CS(=O)CCCCCCl. The zero-order chi connectivity index (χ0) is 7.11. The van der Waals surface area contributed by atoms with Gasteiger partial charge in [0.15, 0.2) is 0 Å². The van der Waals surface area contributed by atoms with Crippen LogP contribution in [0.2, 0.25) is 0 Å². The molecule has 3 heteroatoms. The first-order valence-electron chi connectivity index (χ1n) is 3.13. The van der Waals surface area contributed by atoms with Crippen molar-refractivity contribution in [2.45, 2.75) is 19.3 Å². The summed E-state index contributed by atoms with van der Waals surface area (Å²) in [5.41, 5.74) is 0.